The molecule has 1 aromatic carbocycles. The normalized spacial score (nSPS) is 15.0. The van der Waals surface area contributed by atoms with Crippen molar-refractivity contribution >= 4 is 11.6 Å². The molecule has 4 rings (SSSR count). The van der Waals surface area contributed by atoms with Crippen molar-refractivity contribution in [2.45, 2.75) is 25.7 Å². The Hall–Kier alpha value is -2.56. The molecular weight excluding hydrogens is 292 g/mol. The van der Waals surface area contributed by atoms with Gasteiger partial charge in [-0.05, 0) is 49.1 Å². The molecule has 0 amide bonds. The molecule has 1 N–H and O–H groups in total. The van der Waals surface area contributed by atoms with Crippen LogP contribution in [0.15, 0.2) is 30.3 Å². The maximum absolute atomic E-state index is 12.4. The maximum Gasteiger partial charge on any atom is 0.231 e. The van der Waals surface area contributed by atoms with E-state index >= 15 is 0 Å². The number of rotatable bonds is 4. The highest BCUT2D eigenvalue weighted by molar-refractivity contribution is 5.96. The van der Waals surface area contributed by atoms with E-state index in [1.807, 2.05) is 6.07 Å². The number of carbonyl (C=O) groups is 1. The minimum atomic E-state index is 0.0933. The highest BCUT2D eigenvalue weighted by atomic mass is 16.7. The number of ketones is 1. The van der Waals surface area contributed by atoms with Gasteiger partial charge in [0, 0.05) is 24.2 Å². The first-order valence-electron chi connectivity index (χ1n) is 7.95. The molecule has 0 saturated heterocycles. The number of hydrogen-bond acceptors (Lipinski definition) is 5. The Labute approximate surface area is 134 Å². The third kappa shape index (κ3) is 2.86. The van der Waals surface area contributed by atoms with E-state index in [0.29, 0.717) is 29.9 Å². The van der Waals surface area contributed by atoms with Crippen LogP contribution in [0.4, 0.5) is 5.82 Å². The monoisotopic (exact) mass is 310 g/mol. The number of hydrogen-bond donors (Lipinski definition) is 1. The summed E-state index contributed by atoms with van der Waals surface area (Å²) in [4.78, 5) is 17.0. The number of ether oxygens (including phenoxy) is 2. The lowest BCUT2D eigenvalue weighted by atomic mass is 10.0. The number of aryl methyl sites for hydroxylation is 2. The van der Waals surface area contributed by atoms with Crippen molar-refractivity contribution in [3.63, 3.8) is 0 Å². The second-order valence-corrected chi connectivity index (χ2v) is 5.83. The van der Waals surface area contributed by atoms with Crippen LogP contribution in [0.3, 0.4) is 0 Å². The van der Waals surface area contributed by atoms with E-state index in [-0.39, 0.29) is 12.6 Å². The molecular formula is C18H18N2O3. The summed E-state index contributed by atoms with van der Waals surface area (Å²) in [6.45, 7) is 1.19. The van der Waals surface area contributed by atoms with Crippen LogP contribution in [-0.4, -0.2) is 24.1 Å². The van der Waals surface area contributed by atoms with Crippen molar-refractivity contribution in [2.24, 2.45) is 0 Å². The third-order valence-electron chi connectivity index (χ3n) is 4.25. The summed E-state index contributed by atoms with van der Waals surface area (Å²) >= 11 is 0. The predicted octanol–water partition coefficient (Wildman–Crippen LogP) is 2.98. The van der Waals surface area contributed by atoms with Crippen LogP contribution >= 0.6 is 0 Å². The molecule has 2 aliphatic heterocycles. The van der Waals surface area contributed by atoms with Gasteiger partial charge >= 0.3 is 0 Å². The molecule has 0 fully saturated rings. The first kappa shape index (κ1) is 14.1. The van der Waals surface area contributed by atoms with E-state index in [1.54, 1.807) is 18.2 Å². The quantitative estimate of drug-likeness (QED) is 0.880. The lowest BCUT2D eigenvalue weighted by Gasteiger charge is -2.17. The van der Waals surface area contributed by atoms with Crippen molar-refractivity contribution in [3.05, 3.63) is 47.2 Å². The molecule has 0 atom stereocenters. The van der Waals surface area contributed by atoms with Gasteiger partial charge in [-0.2, -0.15) is 0 Å². The second-order valence-electron chi connectivity index (χ2n) is 5.83. The molecule has 3 heterocycles. The lowest BCUT2D eigenvalue weighted by Crippen LogP contribution is -2.14. The average Bonchev–Trinajstić information content (AvgIpc) is 3.07. The van der Waals surface area contributed by atoms with Gasteiger partial charge in [-0.3, -0.25) is 4.79 Å². The Balaban J connectivity index is 1.43. The molecule has 0 spiro atoms. The second kappa shape index (κ2) is 5.91. The largest absolute Gasteiger partial charge is 0.454 e. The zero-order chi connectivity index (χ0) is 15.6. The number of carbonyl (C=O) groups excluding carboxylic acids is 1. The Kier molecular flexibility index (Phi) is 3.61. The van der Waals surface area contributed by atoms with E-state index in [1.165, 1.54) is 5.56 Å². The number of aromatic nitrogens is 1. The fraction of sp³-hybridized carbons (Fsp3) is 0.333. The van der Waals surface area contributed by atoms with Gasteiger partial charge in [-0.25, -0.2) is 4.98 Å². The van der Waals surface area contributed by atoms with Gasteiger partial charge in [0.25, 0.3) is 0 Å². The fourth-order valence-corrected chi connectivity index (χ4v) is 2.96. The Morgan fingerprint density at radius 3 is 3.04 bits per heavy atom. The van der Waals surface area contributed by atoms with Crippen molar-refractivity contribution < 1.29 is 14.3 Å². The van der Waals surface area contributed by atoms with E-state index in [9.17, 15) is 4.79 Å². The summed E-state index contributed by atoms with van der Waals surface area (Å²) < 4.78 is 10.6. The van der Waals surface area contributed by atoms with Crippen LogP contribution in [0.2, 0.25) is 0 Å². The molecule has 118 valence electrons. The number of anilines is 1. The molecule has 5 nitrogen and oxygen atoms in total. The van der Waals surface area contributed by atoms with Gasteiger partial charge in [0.2, 0.25) is 6.79 Å². The lowest BCUT2D eigenvalue weighted by molar-refractivity contribution is 0.0982. The molecule has 23 heavy (non-hydrogen) atoms. The summed E-state index contributed by atoms with van der Waals surface area (Å²) in [6, 6.07) is 9.48. The molecule has 0 aliphatic carbocycles. The summed E-state index contributed by atoms with van der Waals surface area (Å²) in [6.07, 6.45) is 3.30. The molecule has 0 radical (unpaired) electrons. The van der Waals surface area contributed by atoms with E-state index in [0.717, 1.165) is 30.9 Å². The van der Waals surface area contributed by atoms with Crippen LogP contribution in [0, 0.1) is 0 Å². The molecule has 0 saturated carbocycles. The van der Waals surface area contributed by atoms with Crippen molar-refractivity contribution in [1.29, 1.82) is 0 Å². The van der Waals surface area contributed by atoms with Gasteiger partial charge in [0.05, 0.1) is 0 Å². The van der Waals surface area contributed by atoms with Gasteiger partial charge in [0.15, 0.2) is 17.3 Å². The van der Waals surface area contributed by atoms with Crippen LogP contribution in [0.5, 0.6) is 11.5 Å². The highest BCUT2D eigenvalue weighted by Crippen LogP contribution is 2.32. The number of pyridine rings is 1. The Morgan fingerprint density at radius 2 is 2.09 bits per heavy atom. The zero-order valence-corrected chi connectivity index (χ0v) is 12.8. The number of nitrogens with zero attached hydrogens (tertiary/aromatic N) is 1. The van der Waals surface area contributed by atoms with Crippen molar-refractivity contribution in [2.75, 3.05) is 18.7 Å². The maximum atomic E-state index is 12.4. The van der Waals surface area contributed by atoms with Crippen LogP contribution in [0.25, 0.3) is 0 Å². The molecule has 0 bridgehead atoms. The van der Waals surface area contributed by atoms with E-state index in [2.05, 4.69) is 16.4 Å². The Morgan fingerprint density at radius 1 is 1.17 bits per heavy atom. The average molecular weight is 310 g/mol. The van der Waals surface area contributed by atoms with Crippen LogP contribution in [0.1, 0.15) is 34.5 Å². The summed E-state index contributed by atoms with van der Waals surface area (Å²) in [5.74, 6) is 2.41. The van der Waals surface area contributed by atoms with Crippen LogP contribution in [-0.2, 0) is 12.8 Å². The smallest absolute Gasteiger partial charge is 0.231 e. The minimum absolute atomic E-state index is 0.0933. The first-order valence-corrected chi connectivity index (χ1v) is 7.95. The van der Waals surface area contributed by atoms with E-state index < -0.39 is 0 Å². The van der Waals surface area contributed by atoms with Crippen LogP contribution < -0.4 is 14.8 Å². The topological polar surface area (TPSA) is 60.5 Å². The summed E-state index contributed by atoms with van der Waals surface area (Å²) in [7, 11) is 0. The number of fused-ring (bicyclic) bond motifs is 2. The van der Waals surface area contributed by atoms with Gasteiger partial charge in [-0.1, -0.05) is 6.07 Å². The number of nitrogens with one attached hydrogen (secondary N) is 1. The van der Waals surface area contributed by atoms with Gasteiger partial charge < -0.3 is 14.8 Å². The van der Waals surface area contributed by atoms with Gasteiger partial charge in [-0.15, -0.1) is 0 Å². The molecule has 5 heteroatoms. The third-order valence-corrected chi connectivity index (χ3v) is 4.25. The Bertz CT molecular complexity index is 758. The SMILES string of the molecule is O=C(CCc1ccc2c(n1)NCCC2)c1ccc2c(c1)OCO2. The van der Waals surface area contributed by atoms with Crippen molar-refractivity contribution in [3.8, 4) is 11.5 Å². The van der Waals surface area contributed by atoms with Crippen molar-refractivity contribution in [1.82, 2.24) is 4.98 Å². The fourth-order valence-electron chi connectivity index (χ4n) is 2.96. The predicted molar refractivity (Wildman–Crippen MR) is 86.3 cm³/mol. The summed E-state index contributed by atoms with van der Waals surface area (Å²) in [5, 5.41) is 3.32. The standard InChI is InChI=1S/C18H18N2O3/c21-15(13-4-8-16-17(10-13)23-11-22-16)7-6-14-5-3-12-2-1-9-19-18(12)20-14/h3-5,8,10H,1-2,6-7,9,11H2,(H,19,20). The molecule has 0 unspecified atom stereocenters. The molecule has 2 aliphatic rings. The zero-order valence-electron chi connectivity index (χ0n) is 12.8. The number of benzene rings is 1. The minimum Gasteiger partial charge on any atom is -0.454 e. The molecule has 1 aromatic heterocycles. The number of Topliss-reactive ketones (excluding diaryl/α,β-unsaturated/α-hetero) is 1. The summed E-state index contributed by atoms with van der Waals surface area (Å²) in [5.41, 5.74) is 2.87. The van der Waals surface area contributed by atoms with Gasteiger partial charge in [0.1, 0.15) is 5.82 Å². The van der Waals surface area contributed by atoms with E-state index in [4.69, 9.17) is 9.47 Å². The first-order chi connectivity index (χ1) is 11.3. The highest BCUT2D eigenvalue weighted by Gasteiger charge is 2.16. The molecule has 2 aromatic rings.